The second-order valence-electron chi connectivity index (χ2n) is 5.75. The zero-order valence-corrected chi connectivity index (χ0v) is 17.0. The Bertz CT molecular complexity index is 861. The minimum atomic E-state index is -1.24. The second-order valence-corrected chi connectivity index (χ2v) is 6.60. The SMILES string of the molecule is COc1ccc2c(c1)C1c3c(Cl)cc(Cl)cc3NC(C(=O)[O-])C1O2.[Na+]. The first kappa shape index (κ1) is 18.7. The van der Waals surface area contributed by atoms with Gasteiger partial charge in [0.2, 0.25) is 0 Å². The number of carbonyl (C=O) groups excluding carboxylic acids is 1. The Kier molecular flexibility index (Phi) is 5.15. The summed E-state index contributed by atoms with van der Waals surface area (Å²) in [5.74, 6) is -0.323. The number of rotatable bonds is 2. The first-order valence-corrected chi connectivity index (χ1v) is 8.06. The van der Waals surface area contributed by atoms with E-state index in [1.54, 1.807) is 31.4 Å². The molecule has 0 saturated carbocycles. The van der Waals surface area contributed by atoms with Crippen LogP contribution >= 0.6 is 23.2 Å². The van der Waals surface area contributed by atoms with Crippen LogP contribution in [0.2, 0.25) is 10.0 Å². The number of carboxylic acids is 1. The second kappa shape index (κ2) is 6.89. The van der Waals surface area contributed by atoms with Gasteiger partial charge in [0.15, 0.2) is 0 Å². The predicted molar refractivity (Wildman–Crippen MR) is 88.1 cm³/mol. The smallest absolute Gasteiger partial charge is 0.548 e. The molecule has 0 fully saturated rings. The maximum atomic E-state index is 11.6. The molecule has 0 radical (unpaired) electrons. The topological polar surface area (TPSA) is 70.6 Å². The van der Waals surface area contributed by atoms with Crippen LogP contribution in [0.3, 0.4) is 0 Å². The average Bonchev–Trinajstić information content (AvgIpc) is 2.91. The summed E-state index contributed by atoms with van der Waals surface area (Å²) in [4.78, 5) is 11.6. The molecule has 2 aliphatic heterocycles. The number of carboxylic acid groups (broad SMARTS) is 1. The molecule has 0 amide bonds. The molecule has 3 unspecified atom stereocenters. The van der Waals surface area contributed by atoms with E-state index < -0.39 is 18.1 Å². The summed E-state index contributed by atoms with van der Waals surface area (Å²) in [7, 11) is 1.57. The van der Waals surface area contributed by atoms with Crippen molar-refractivity contribution >= 4 is 34.9 Å². The molecule has 124 valence electrons. The number of halogens is 2. The summed E-state index contributed by atoms with van der Waals surface area (Å²) >= 11 is 12.5. The molecule has 4 rings (SSSR count). The van der Waals surface area contributed by atoms with Gasteiger partial charge in [-0.2, -0.15) is 0 Å². The number of benzene rings is 2. The van der Waals surface area contributed by atoms with Gasteiger partial charge in [0, 0.05) is 26.9 Å². The van der Waals surface area contributed by atoms with Crippen LogP contribution in [0.5, 0.6) is 11.5 Å². The number of carbonyl (C=O) groups is 1. The predicted octanol–water partition coefficient (Wildman–Crippen LogP) is -0.557. The van der Waals surface area contributed by atoms with Gasteiger partial charge in [0.05, 0.1) is 19.0 Å². The maximum absolute atomic E-state index is 11.6. The van der Waals surface area contributed by atoms with Crippen LogP contribution in [0.4, 0.5) is 5.69 Å². The minimum absolute atomic E-state index is 0. The third kappa shape index (κ3) is 2.98. The van der Waals surface area contributed by atoms with E-state index >= 15 is 0 Å². The van der Waals surface area contributed by atoms with Crippen molar-refractivity contribution in [3.8, 4) is 11.5 Å². The molecular formula is C17H12Cl2NNaO4. The van der Waals surface area contributed by atoms with Crippen LogP contribution in [0, 0.1) is 0 Å². The van der Waals surface area contributed by atoms with Crippen molar-refractivity contribution in [1.82, 2.24) is 0 Å². The quantitative estimate of drug-likeness (QED) is 0.699. The van der Waals surface area contributed by atoms with Crippen molar-refractivity contribution in [3.05, 3.63) is 51.5 Å². The molecule has 2 heterocycles. The molecule has 2 aromatic carbocycles. The molecule has 0 spiro atoms. The molecule has 5 nitrogen and oxygen atoms in total. The molecule has 2 aromatic rings. The summed E-state index contributed by atoms with van der Waals surface area (Å²) in [6, 6.07) is 7.65. The summed E-state index contributed by atoms with van der Waals surface area (Å²) in [5, 5.41) is 15.4. The van der Waals surface area contributed by atoms with E-state index in [-0.39, 0.29) is 35.5 Å². The standard InChI is InChI=1S/C17H13Cl2NO4.Na/c1-23-8-2-3-12-9(6-8)13-14-10(19)4-7(18)5-11(14)20-15(17(21)22)16(13)24-12;/h2-6,13,15-16,20H,1H3,(H,21,22);/q;+1/p-1. The van der Waals surface area contributed by atoms with Crippen molar-refractivity contribution in [2.24, 2.45) is 0 Å². The van der Waals surface area contributed by atoms with Gasteiger partial charge < -0.3 is 24.7 Å². The van der Waals surface area contributed by atoms with E-state index in [0.29, 0.717) is 27.2 Å². The number of hydrogen-bond donors (Lipinski definition) is 1. The normalized spacial score (nSPS) is 22.4. The Morgan fingerprint density at radius 1 is 1.28 bits per heavy atom. The molecule has 2 aliphatic rings. The van der Waals surface area contributed by atoms with E-state index in [1.807, 2.05) is 6.07 Å². The van der Waals surface area contributed by atoms with Gasteiger partial charge in [-0.3, -0.25) is 0 Å². The Hall–Kier alpha value is -1.11. The molecule has 25 heavy (non-hydrogen) atoms. The molecular weight excluding hydrogens is 376 g/mol. The number of aliphatic carboxylic acids is 1. The summed E-state index contributed by atoms with van der Waals surface area (Å²) in [5.41, 5.74) is 2.16. The Balaban J connectivity index is 0.00000182. The van der Waals surface area contributed by atoms with Crippen LogP contribution in [-0.2, 0) is 4.79 Å². The number of methoxy groups -OCH3 is 1. The fourth-order valence-corrected chi connectivity index (χ4v) is 4.05. The van der Waals surface area contributed by atoms with Crippen LogP contribution < -0.4 is 49.5 Å². The molecule has 3 atom stereocenters. The van der Waals surface area contributed by atoms with Gasteiger partial charge in [-0.1, -0.05) is 23.2 Å². The van der Waals surface area contributed by atoms with E-state index in [2.05, 4.69) is 5.32 Å². The number of anilines is 1. The fourth-order valence-electron chi connectivity index (χ4n) is 3.44. The largest absolute Gasteiger partial charge is 1.00 e. The Morgan fingerprint density at radius 3 is 2.72 bits per heavy atom. The molecule has 0 aliphatic carbocycles. The van der Waals surface area contributed by atoms with Crippen molar-refractivity contribution in [2.75, 3.05) is 12.4 Å². The van der Waals surface area contributed by atoms with Crippen molar-refractivity contribution in [1.29, 1.82) is 0 Å². The van der Waals surface area contributed by atoms with E-state index in [4.69, 9.17) is 32.7 Å². The molecule has 0 aromatic heterocycles. The third-order valence-electron chi connectivity index (χ3n) is 4.44. The molecule has 1 N–H and O–H groups in total. The van der Waals surface area contributed by atoms with E-state index in [1.165, 1.54) is 0 Å². The zero-order valence-electron chi connectivity index (χ0n) is 13.5. The van der Waals surface area contributed by atoms with Crippen molar-refractivity contribution in [3.63, 3.8) is 0 Å². The number of fused-ring (bicyclic) bond motifs is 5. The van der Waals surface area contributed by atoms with Gasteiger partial charge in [-0.25, -0.2) is 0 Å². The monoisotopic (exact) mass is 387 g/mol. The van der Waals surface area contributed by atoms with E-state index in [0.717, 1.165) is 11.1 Å². The van der Waals surface area contributed by atoms with Gasteiger partial charge in [-0.05, 0) is 30.3 Å². The van der Waals surface area contributed by atoms with Crippen LogP contribution in [-0.4, -0.2) is 25.2 Å². The third-order valence-corrected chi connectivity index (χ3v) is 4.97. The molecule has 0 saturated heterocycles. The van der Waals surface area contributed by atoms with Gasteiger partial charge in [0.1, 0.15) is 23.6 Å². The Labute approximate surface area is 176 Å². The molecule has 0 bridgehead atoms. The van der Waals surface area contributed by atoms with Crippen molar-refractivity contribution in [2.45, 2.75) is 18.1 Å². The number of ether oxygens (including phenoxy) is 2. The average molecular weight is 388 g/mol. The van der Waals surface area contributed by atoms with Gasteiger partial charge in [-0.15, -0.1) is 0 Å². The van der Waals surface area contributed by atoms with E-state index in [9.17, 15) is 9.90 Å². The summed E-state index contributed by atoms with van der Waals surface area (Å²) in [6.07, 6.45) is -0.664. The van der Waals surface area contributed by atoms with Gasteiger partial charge >= 0.3 is 29.6 Å². The maximum Gasteiger partial charge on any atom is 1.00 e. The zero-order chi connectivity index (χ0) is 17.0. The van der Waals surface area contributed by atoms with Crippen LogP contribution in [0.25, 0.3) is 0 Å². The molecule has 8 heteroatoms. The minimum Gasteiger partial charge on any atom is -0.548 e. The van der Waals surface area contributed by atoms with Crippen LogP contribution in [0.15, 0.2) is 30.3 Å². The summed E-state index contributed by atoms with van der Waals surface area (Å²) < 4.78 is 11.2. The van der Waals surface area contributed by atoms with Crippen molar-refractivity contribution < 1.29 is 48.9 Å². The van der Waals surface area contributed by atoms with Crippen LogP contribution in [0.1, 0.15) is 17.0 Å². The Morgan fingerprint density at radius 2 is 2.04 bits per heavy atom. The number of hydrogen-bond acceptors (Lipinski definition) is 5. The number of nitrogens with one attached hydrogen (secondary N) is 1. The summed E-state index contributed by atoms with van der Waals surface area (Å²) in [6.45, 7) is 0. The first-order valence-electron chi connectivity index (χ1n) is 7.30. The first-order chi connectivity index (χ1) is 11.5. The fraction of sp³-hybridized carbons (Fsp3) is 0.235. The van der Waals surface area contributed by atoms with Gasteiger partial charge in [0.25, 0.3) is 0 Å².